The van der Waals surface area contributed by atoms with E-state index < -0.39 is 5.23 Å². The van der Waals surface area contributed by atoms with E-state index in [0.29, 0.717) is 26.1 Å². The number of anilines is 1. The second kappa shape index (κ2) is 8.60. The van der Waals surface area contributed by atoms with Crippen LogP contribution in [-0.2, 0) is 24.3 Å². The Morgan fingerprint density at radius 3 is 2.89 bits per heavy atom. The van der Waals surface area contributed by atoms with Crippen LogP contribution in [0.25, 0.3) is 0 Å². The van der Waals surface area contributed by atoms with E-state index >= 15 is 0 Å². The molecule has 3 aromatic rings. The minimum absolute atomic E-state index is 0.00513. The summed E-state index contributed by atoms with van der Waals surface area (Å²) in [5.74, 6) is -0.0825. The highest BCUT2D eigenvalue weighted by Crippen LogP contribution is 2.47. The molecule has 1 fully saturated rings. The summed E-state index contributed by atoms with van der Waals surface area (Å²) in [7, 11) is 0. The van der Waals surface area contributed by atoms with Gasteiger partial charge in [-0.1, -0.05) is 12.1 Å². The number of nitrogens with one attached hydrogen (secondary N) is 2. The van der Waals surface area contributed by atoms with E-state index in [1.165, 1.54) is 0 Å². The first-order valence-electron chi connectivity index (χ1n) is 12.0. The lowest BCUT2D eigenvalue weighted by Crippen LogP contribution is -2.99. The summed E-state index contributed by atoms with van der Waals surface area (Å²) in [6.45, 7) is 1.66. The van der Waals surface area contributed by atoms with E-state index in [0.717, 1.165) is 28.9 Å². The van der Waals surface area contributed by atoms with E-state index in [9.17, 15) is 20.0 Å². The summed E-state index contributed by atoms with van der Waals surface area (Å²) in [4.78, 5) is 32.6. The van der Waals surface area contributed by atoms with Crippen molar-refractivity contribution >= 4 is 17.3 Å². The third kappa shape index (κ3) is 3.81. The number of amides is 1. The molecule has 2 bridgehead atoms. The topological polar surface area (TPSA) is 115 Å². The fourth-order valence-corrected chi connectivity index (χ4v) is 6.31. The molecule has 0 aliphatic carbocycles. The lowest BCUT2D eigenvalue weighted by Gasteiger charge is -2.54. The van der Waals surface area contributed by atoms with Crippen molar-refractivity contribution in [3.63, 3.8) is 0 Å². The van der Waals surface area contributed by atoms with Gasteiger partial charge in [0.05, 0.1) is 5.92 Å². The summed E-state index contributed by atoms with van der Waals surface area (Å²) in [6.07, 6.45) is 4.83. The number of aromatic nitrogens is 2. The number of carbonyl (C=O) groups excluding carboxylic acids is 1. The number of quaternary nitrogens is 1. The third-order valence-corrected chi connectivity index (χ3v) is 7.78. The van der Waals surface area contributed by atoms with Gasteiger partial charge in [-0.05, 0) is 48.1 Å². The summed E-state index contributed by atoms with van der Waals surface area (Å²) >= 11 is 0. The van der Waals surface area contributed by atoms with Gasteiger partial charge in [0.1, 0.15) is 0 Å². The molecule has 0 saturated carbocycles. The van der Waals surface area contributed by atoms with E-state index in [2.05, 4.69) is 15.2 Å². The van der Waals surface area contributed by atoms with Gasteiger partial charge < -0.3 is 20.0 Å². The third-order valence-electron chi connectivity index (χ3n) is 7.78. The van der Waals surface area contributed by atoms with Gasteiger partial charge in [-0.25, -0.2) is 5.21 Å². The minimum atomic E-state index is -0.976. The first-order valence-corrected chi connectivity index (χ1v) is 12.0. The number of carbonyl (C=O) groups is 1. The summed E-state index contributed by atoms with van der Waals surface area (Å²) in [6, 6.07) is 14.4. The molecule has 0 radical (unpaired) electrons. The van der Waals surface area contributed by atoms with Gasteiger partial charge >= 0.3 is 0 Å². The van der Waals surface area contributed by atoms with Gasteiger partial charge in [-0.2, -0.15) is 5.23 Å². The van der Waals surface area contributed by atoms with Crippen LogP contribution in [0.3, 0.4) is 0 Å². The second-order valence-corrected chi connectivity index (χ2v) is 9.77. The molecule has 35 heavy (non-hydrogen) atoms. The molecule has 180 valence electrons. The molecule has 3 unspecified atom stereocenters. The zero-order chi connectivity index (χ0) is 24.1. The van der Waals surface area contributed by atoms with E-state index in [-0.39, 0.29) is 40.9 Å². The van der Waals surface area contributed by atoms with Crippen LogP contribution in [0, 0.1) is 17.0 Å². The second-order valence-electron chi connectivity index (χ2n) is 9.77. The first-order chi connectivity index (χ1) is 17.0. The Balaban J connectivity index is 1.38. The quantitative estimate of drug-likeness (QED) is 0.490. The molecule has 5 heterocycles. The predicted octanol–water partition coefficient (Wildman–Crippen LogP) is 1.13. The van der Waals surface area contributed by atoms with Gasteiger partial charge in [0.2, 0.25) is 5.91 Å². The summed E-state index contributed by atoms with van der Waals surface area (Å²) in [5.41, 5.74) is 4.07. The van der Waals surface area contributed by atoms with Gasteiger partial charge in [0.15, 0.2) is 5.69 Å². The number of fused-ring (bicyclic) bond motifs is 8. The Bertz CT molecular complexity index is 1320. The Hall–Kier alpha value is -3.53. The molecule has 1 saturated heterocycles. The largest absolute Gasteiger partial charge is 0.595 e. The molecule has 1 aromatic carbocycles. The highest BCUT2D eigenvalue weighted by Gasteiger charge is 2.49. The molecular weight excluding hydrogens is 446 g/mol. The smallest absolute Gasteiger partial charge is 0.250 e. The number of benzene rings is 1. The van der Waals surface area contributed by atoms with Crippen molar-refractivity contribution < 1.29 is 15.2 Å². The monoisotopic (exact) mass is 473 g/mol. The number of rotatable bonds is 4. The Morgan fingerprint density at radius 2 is 2.09 bits per heavy atom. The Morgan fingerprint density at radius 1 is 1.20 bits per heavy atom. The fourth-order valence-electron chi connectivity index (χ4n) is 6.31. The molecule has 0 spiro atoms. The standard InChI is InChI=1S/C26H27N5O4/c32-24-5-1-4-22-18-9-19(15-29(22)24)25-21(26(33)28-13-16-3-2-8-27-12-16)11-17-10-20(31(34)35)6-7-23(17)30(25)14-18/h1-8,10,12,18-19,21,25,31,34H,9,11,13-15H2,(H,28,33)/t18?,19?,21-,25+/m1/s1. The molecule has 1 amide bonds. The van der Waals surface area contributed by atoms with Crippen molar-refractivity contribution in [3.8, 4) is 0 Å². The molecular formula is C26H27N5O4. The average Bonchev–Trinajstić information content (AvgIpc) is 2.87. The molecule has 2 aromatic heterocycles. The van der Waals surface area contributed by atoms with Gasteiger partial charge in [-0.3, -0.25) is 14.6 Å². The minimum Gasteiger partial charge on any atom is -0.595 e. The maximum atomic E-state index is 13.6. The van der Waals surface area contributed by atoms with Crippen LogP contribution < -0.4 is 21.0 Å². The van der Waals surface area contributed by atoms with Gasteiger partial charge in [-0.15, -0.1) is 0 Å². The Labute approximate surface area is 202 Å². The number of piperidine rings is 1. The number of hydrogen-bond donors (Lipinski definition) is 3. The van der Waals surface area contributed by atoms with Crippen LogP contribution in [0.5, 0.6) is 0 Å². The van der Waals surface area contributed by atoms with Crippen LogP contribution in [-0.4, -0.2) is 33.3 Å². The highest BCUT2D eigenvalue weighted by molar-refractivity contribution is 5.82. The maximum absolute atomic E-state index is 13.6. The average molecular weight is 474 g/mol. The molecule has 9 heteroatoms. The molecule has 3 aliphatic rings. The van der Waals surface area contributed by atoms with Crippen molar-refractivity contribution in [3.05, 3.63) is 93.3 Å². The van der Waals surface area contributed by atoms with Crippen LogP contribution in [0.4, 0.5) is 11.4 Å². The van der Waals surface area contributed by atoms with E-state index in [4.69, 9.17) is 0 Å². The van der Waals surface area contributed by atoms with E-state index in [1.54, 1.807) is 30.6 Å². The molecule has 6 rings (SSSR count). The summed E-state index contributed by atoms with van der Waals surface area (Å²) < 4.78 is 1.88. The SMILES string of the molecule is O=C(NCc1cccnc1)[C@@H]1Cc2cc([NH+]([O-])O)ccc2N2CC3CC(Cn4c3cccc4=O)[C@@H]12. The molecule has 3 N–H and O–H groups in total. The number of pyridine rings is 2. The van der Waals surface area contributed by atoms with Crippen molar-refractivity contribution in [1.29, 1.82) is 0 Å². The van der Waals surface area contributed by atoms with Crippen LogP contribution in [0.1, 0.15) is 29.2 Å². The van der Waals surface area contributed by atoms with E-state index in [1.807, 2.05) is 34.9 Å². The lowest BCUT2D eigenvalue weighted by molar-refractivity contribution is -0.991. The van der Waals surface area contributed by atoms with Crippen LogP contribution in [0.15, 0.2) is 65.7 Å². The lowest BCUT2D eigenvalue weighted by atomic mass is 9.70. The first kappa shape index (κ1) is 22.0. The van der Waals surface area contributed by atoms with Gasteiger partial charge in [0, 0.05) is 73.6 Å². The zero-order valence-electron chi connectivity index (χ0n) is 19.1. The predicted molar refractivity (Wildman–Crippen MR) is 128 cm³/mol. The summed E-state index contributed by atoms with van der Waals surface area (Å²) in [5, 5.41) is 23.3. The maximum Gasteiger partial charge on any atom is 0.250 e. The van der Waals surface area contributed by atoms with Crippen molar-refractivity contribution in [2.45, 2.75) is 37.9 Å². The number of nitrogens with zero attached hydrogens (tertiary/aromatic N) is 3. The van der Waals surface area contributed by atoms with Crippen molar-refractivity contribution in [1.82, 2.24) is 14.9 Å². The van der Waals surface area contributed by atoms with Crippen molar-refractivity contribution in [2.24, 2.45) is 11.8 Å². The fraction of sp³-hybridized carbons (Fsp3) is 0.346. The molecule has 3 aliphatic heterocycles. The van der Waals surface area contributed by atoms with Crippen LogP contribution in [0.2, 0.25) is 0 Å². The molecule has 5 atom stereocenters. The Kier molecular flexibility index (Phi) is 5.40. The van der Waals surface area contributed by atoms with Crippen LogP contribution >= 0.6 is 0 Å². The zero-order valence-corrected chi connectivity index (χ0v) is 19.1. The molecule has 9 nitrogen and oxygen atoms in total. The highest BCUT2D eigenvalue weighted by atomic mass is 16.8. The number of hydrogen-bond acceptors (Lipinski definition) is 6. The van der Waals surface area contributed by atoms with Crippen molar-refractivity contribution in [2.75, 3.05) is 11.4 Å². The normalized spacial score (nSPS) is 25.1. The van der Waals surface area contributed by atoms with Gasteiger partial charge in [0.25, 0.3) is 5.56 Å².